The molecule has 0 atom stereocenters. The van der Waals surface area contributed by atoms with Gasteiger partial charge in [0.05, 0.1) is 19.3 Å². The third-order valence-corrected chi connectivity index (χ3v) is 4.77. The zero-order valence-electron chi connectivity index (χ0n) is 16.9. The molecule has 150 valence electrons. The van der Waals surface area contributed by atoms with E-state index in [4.69, 9.17) is 14.2 Å². The number of hydrogen-bond acceptors (Lipinski definition) is 4. The normalized spacial score (nSPS) is 14.1. The summed E-state index contributed by atoms with van der Waals surface area (Å²) < 4.78 is 17.1. The topological polar surface area (TPSA) is 56.8 Å². The summed E-state index contributed by atoms with van der Waals surface area (Å²) in [5.41, 5.74) is 1.56. The van der Waals surface area contributed by atoms with Crippen LogP contribution in [0.15, 0.2) is 42.5 Å². The van der Waals surface area contributed by atoms with Crippen molar-refractivity contribution in [3.8, 4) is 17.2 Å². The third-order valence-electron chi connectivity index (χ3n) is 4.77. The number of rotatable bonds is 8. The predicted octanol–water partition coefficient (Wildman–Crippen LogP) is 4.73. The Bertz CT molecular complexity index is 780. The SMILES string of the molecule is COc1cc(C(=O)NCc2ccc(OC(C)C)cc2)ccc1OC1CCCC1. The first kappa shape index (κ1) is 20.1. The molecule has 28 heavy (non-hydrogen) atoms. The average Bonchev–Trinajstić information content (AvgIpc) is 3.20. The molecule has 1 fully saturated rings. The monoisotopic (exact) mass is 383 g/mol. The molecular weight excluding hydrogens is 354 g/mol. The number of methoxy groups -OCH3 is 1. The van der Waals surface area contributed by atoms with Crippen molar-refractivity contribution >= 4 is 5.91 Å². The first-order valence-corrected chi connectivity index (χ1v) is 9.93. The maximum absolute atomic E-state index is 12.5. The molecule has 1 saturated carbocycles. The number of carbonyl (C=O) groups is 1. The van der Waals surface area contributed by atoms with Crippen molar-refractivity contribution in [1.82, 2.24) is 5.32 Å². The van der Waals surface area contributed by atoms with Crippen LogP contribution in [0.5, 0.6) is 17.2 Å². The van der Waals surface area contributed by atoms with Crippen LogP contribution < -0.4 is 19.5 Å². The van der Waals surface area contributed by atoms with Crippen LogP contribution in [0.2, 0.25) is 0 Å². The smallest absolute Gasteiger partial charge is 0.251 e. The van der Waals surface area contributed by atoms with Gasteiger partial charge in [-0.2, -0.15) is 0 Å². The lowest BCUT2D eigenvalue weighted by Crippen LogP contribution is -2.23. The van der Waals surface area contributed by atoms with Gasteiger partial charge in [-0.15, -0.1) is 0 Å². The van der Waals surface area contributed by atoms with E-state index >= 15 is 0 Å². The van der Waals surface area contributed by atoms with Crippen molar-refractivity contribution in [2.45, 2.75) is 58.3 Å². The molecule has 1 aliphatic carbocycles. The van der Waals surface area contributed by atoms with Gasteiger partial charge in [-0.1, -0.05) is 12.1 Å². The summed E-state index contributed by atoms with van der Waals surface area (Å²) in [7, 11) is 1.60. The predicted molar refractivity (Wildman–Crippen MR) is 109 cm³/mol. The molecule has 0 saturated heterocycles. The first-order chi connectivity index (χ1) is 13.5. The summed E-state index contributed by atoms with van der Waals surface area (Å²) in [6.45, 7) is 4.43. The molecule has 0 heterocycles. The largest absolute Gasteiger partial charge is 0.493 e. The van der Waals surface area contributed by atoms with E-state index in [0.717, 1.165) is 24.2 Å². The fraction of sp³-hybridized carbons (Fsp3) is 0.435. The number of nitrogens with one attached hydrogen (secondary N) is 1. The van der Waals surface area contributed by atoms with E-state index in [0.29, 0.717) is 23.6 Å². The van der Waals surface area contributed by atoms with Crippen molar-refractivity contribution in [2.24, 2.45) is 0 Å². The number of benzene rings is 2. The fourth-order valence-corrected chi connectivity index (χ4v) is 3.33. The van der Waals surface area contributed by atoms with Crippen LogP contribution in [-0.4, -0.2) is 25.2 Å². The lowest BCUT2D eigenvalue weighted by atomic mass is 10.1. The molecule has 0 radical (unpaired) electrons. The van der Waals surface area contributed by atoms with Gasteiger partial charge in [0, 0.05) is 12.1 Å². The highest BCUT2D eigenvalue weighted by Crippen LogP contribution is 2.32. The van der Waals surface area contributed by atoms with Crippen LogP contribution in [0.3, 0.4) is 0 Å². The number of hydrogen-bond donors (Lipinski definition) is 1. The van der Waals surface area contributed by atoms with Gasteiger partial charge in [-0.3, -0.25) is 4.79 Å². The van der Waals surface area contributed by atoms with Gasteiger partial charge < -0.3 is 19.5 Å². The highest BCUT2D eigenvalue weighted by Gasteiger charge is 2.19. The quantitative estimate of drug-likeness (QED) is 0.716. The standard InChI is InChI=1S/C23H29NO4/c1-16(2)27-20-11-8-17(9-12-20)15-24-23(25)18-10-13-21(22(14-18)26-3)28-19-6-4-5-7-19/h8-14,16,19H,4-7,15H2,1-3H3,(H,24,25). The molecule has 1 amide bonds. The second kappa shape index (κ2) is 9.49. The minimum absolute atomic E-state index is 0.140. The Kier molecular flexibility index (Phi) is 6.80. The Labute approximate surface area is 167 Å². The minimum Gasteiger partial charge on any atom is -0.493 e. The molecule has 0 spiro atoms. The van der Waals surface area contributed by atoms with E-state index < -0.39 is 0 Å². The molecule has 2 aromatic rings. The van der Waals surface area contributed by atoms with Crippen molar-refractivity contribution in [3.05, 3.63) is 53.6 Å². The summed E-state index contributed by atoms with van der Waals surface area (Å²) >= 11 is 0. The van der Waals surface area contributed by atoms with E-state index in [1.807, 2.05) is 44.2 Å². The maximum Gasteiger partial charge on any atom is 0.251 e. The van der Waals surface area contributed by atoms with E-state index in [-0.39, 0.29) is 18.1 Å². The molecule has 1 aliphatic rings. The van der Waals surface area contributed by atoms with Crippen LogP contribution in [-0.2, 0) is 6.54 Å². The Morgan fingerprint density at radius 2 is 1.79 bits per heavy atom. The average molecular weight is 383 g/mol. The zero-order chi connectivity index (χ0) is 19.9. The summed E-state index contributed by atoms with van der Waals surface area (Å²) in [5.74, 6) is 1.97. The number of carbonyl (C=O) groups excluding carboxylic acids is 1. The molecule has 0 aliphatic heterocycles. The van der Waals surface area contributed by atoms with Crippen molar-refractivity contribution < 1.29 is 19.0 Å². The van der Waals surface area contributed by atoms with Crippen molar-refractivity contribution in [3.63, 3.8) is 0 Å². The van der Waals surface area contributed by atoms with E-state index in [2.05, 4.69) is 5.32 Å². The van der Waals surface area contributed by atoms with E-state index in [1.165, 1.54) is 12.8 Å². The fourth-order valence-electron chi connectivity index (χ4n) is 3.33. The molecule has 0 unspecified atom stereocenters. The van der Waals surface area contributed by atoms with E-state index in [9.17, 15) is 4.79 Å². The summed E-state index contributed by atoms with van der Waals surface area (Å²) in [4.78, 5) is 12.5. The lowest BCUT2D eigenvalue weighted by Gasteiger charge is -2.16. The molecule has 5 heteroatoms. The van der Waals surface area contributed by atoms with Crippen LogP contribution in [0.4, 0.5) is 0 Å². The second-order valence-electron chi connectivity index (χ2n) is 7.38. The summed E-state index contributed by atoms with van der Waals surface area (Å²) in [6, 6.07) is 13.1. The Morgan fingerprint density at radius 1 is 1.07 bits per heavy atom. The van der Waals surface area contributed by atoms with Gasteiger partial charge in [0.2, 0.25) is 0 Å². The molecule has 1 N–H and O–H groups in total. The molecule has 3 rings (SSSR count). The molecular formula is C23H29NO4. The Morgan fingerprint density at radius 3 is 2.43 bits per heavy atom. The molecule has 5 nitrogen and oxygen atoms in total. The van der Waals surface area contributed by atoms with Gasteiger partial charge in [0.15, 0.2) is 11.5 Å². The lowest BCUT2D eigenvalue weighted by molar-refractivity contribution is 0.0950. The number of ether oxygens (including phenoxy) is 3. The van der Waals surface area contributed by atoms with Crippen LogP contribution in [0, 0.1) is 0 Å². The second-order valence-corrected chi connectivity index (χ2v) is 7.38. The summed E-state index contributed by atoms with van der Waals surface area (Å²) in [5, 5.41) is 2.94. The highest BCUT2D eigenvalue weighted by atomic mass is 16.5. The molecule has 0 aromatic heterocycles. The summed E-state index contributed by atoms with van der Waals surface area (Å²) in [6.07, 6.45) is 4.95. The van der Waals surface area contributed by atoms with Crippen LogP contribution in [0.25, 0.3) is 0 Å². The Hall–Kier alpha value is -2.69. The minimum atomic E-state index is -0.145. The van der Waals surface area contributed by atoms with Gasteiger partial charge in [0.1, 0.15) is 5.75 Å². The maximum atomic E-state index is 12.5. The molecule has 0 bridgehead atoms. The van der Waals surface area contributed by atoms with Gasteiger partial charge in [0.25, 0.3) is 5.91 Å². The third kappa shape index (κ3) is 5.41. The van der Waals surface area contributed by atoms with Crippen molar-refractivity contribution in [2.75, 3.05) is 7.11 Å². The zero-order valence-corrected chi connectivity index (χ0v) is 16.9. The Balaban J connectivity index is 1.59. The molecule has 2 aromatic carbocycles. The van der Waals surface area contributed by atoms with Gasteiger partial charge in [-0.25, -0.2) is 0 Å². The van der Waals surface area contributed by atoms with Crippen molar-refractivity contribution in [1.29, 1.82) is 0 Å². The highest BCUT2D eigenvalue weighted by molar-refractivity contribution is 5.94. The van der Waals surface area contributed by atoms with Gasteiger partial charge in [-0.05, 0) is 75.4 Å². The van der Waals surface area contributed by atoms with Crippen LogP contribution in [0.1, 0.15) is 55.5 Å². The van der Waals surface area contributed by atoms with Gasteiger partial charge >= 0.3 is 0 Å². The van der Waals surface area contributed by atoms with Crippen LogP contribution >= 0.6 is 0 Å². The number of amides is 1. The first-order valence-electron chi connectivity index (χ1n) is 9.93. The van der Waals surface area contributed by atoms with E-state index in [1.54, 1.807) is 19.2 Å².